The molecule has 0 aliphatic carbocycles. The largest absolute Gasteiger partial charge is 0.497 e. The number of ether oxygens (including phenoxy) is 2. The number of methoxy groups -OCH3 is 1. The summed E-state index contributed by atoms with van der Waals surface area (Å²) in [5.74, 6) is 0.366. The Labute approximate surface area is 200 Å². The van der Waals surface area contributed by atoms with E-state index in [0.29, 0.717) is 25.2 Å². The van der Waals surface area contributed by atoms with Gasteiger partial charge in [0.2, 0.25) is 0 Å². The van der Waals surface area contributed by atoms with E-state index in [1.54, 1.807) is 30.3 Å². The predicted molar refractivity (Wildman–Crippen MR) is 128 cm³/mol. The van der Waals surface area contributed by atoms with Gasteiger partial charge in [0, 0.05) is 12.7 Å². The van der Waals surface area contributed by atoms with Gasteiger partial charge in [-0.2, -0.15) is 0 Å². The molecule has 0 radical (unpaired) electrons. The number of hydrogen-bond acceptors (Lipinski definition) is 7. The van der Waals surface area contributed by atoms with Gasteiger partial charge in [-0.15, -0.1) is 0 Å². The lowest BCUT2D eigenvalue weighted by molar-refractivity contribution is -0.145. The van der Waals surface area contributed by atoms with Crippen molar-refractivity contribution in [2.45, 2.75) is 58.4 Å². The van der Waals surface area contributed by atoms with Gasteiger partial charge < -0.3 is 14.8 Å². The standard InChI is InChI=1S/C25H34N4O5/c1-24(2,3)34-23(31)29-16-8-9-20(25(29,4)27-21-10-6-7-15-26-21)22(30)28-33-17-18-11-13-19(32-5)14-12-18/h6-7,10-15,20H,8-9,16-17H2,1-5H3,(H,26,27)(H,28,30). The summed E-state index contributed by atoms with van der Waals surface area (Å²) in [6.07, 6.45) is 2.37. The third kappa shape index (κ3) is 6.38. The van der Waals surface area contributed by atoms with Crippen molar-refractivity contribution in [2.24, 2.45) is 5.92 Å². The number of carbonyl (C=O) groups excluding carboxylic acids is 2. The maximum atomic E-state index is 13.3. The smallest absolute Gasteiger partial charge is 0.412 e. The number of pyridine rings is 1. The normalized spacial score (nSPS) is 20.4. The molecular weight excluding hydrogens is 436 g/mol. The minimum absolute atomic E-state index is 0.197. The van der Waals surface area contributed by atoms with Gasteiger partial charge in [0.15, 0.2) is 0 Å². The highest BCUT2D eigenvalue weighted by Gasteiger charge is 2.50. The Morgan fingerprint density at radius 3 is 2.53 bits per heavy atom. The Hall–Kier alpha value is -3.33. The third-order valence-electron chi connectivity index (χ3n) is 5.66. The number of aromatic nitrogens is 1. The van der Waals surface area contributed by atoms with Crippen LogP contribution in [0.2, 0.25) is 0 Å². The van der Waals surface area contributed by atoms with Crippen molar-refractivity contribution in [1.82, 2.24) is 15.4 Å². The maximum Gasteiger partial charge on any atom is 0.412 e. The third-order valence-corrected chi connectivity index (χ3v) is 5.66. The van der Waals surface area contributed by atoms with Crippen LogP contribution in [0.1, 0.15) is 46.1 Å². The molecule has 2 unspecified atom stereocenters. The molecule has 0 bridgehead atoms. The average Bonchev–Trinajstić information content (AvgIpc) is 2.78. The number of benzene rings is 1. The number of nitrogens with zero attached hydrogens (tertiary/aromatic N) is 2. The van der Waals surface area contributed by atoms with E-state index in [-0.39, 0.29) is 12.5 Å². The van der Waals surface area contributed by atoms with Crippen molar-refractivity contribution in [3.8, 4) is 5.75 Å². The van der Waals surface area contributed by atoms with Crippen LogP contribution in [0.3, 0.4) is 0 Å². The molecule has 1 aliphatic heterocycles. The maximum absolute atomic E-state index is 13.3. The van der Waals surface area contributed by atoms with Gasteiger partial charge in [0.05, 0.1) is 19.6 Å². The van der Waals surface area contributed by atoms with Crippen LogP contribution in [0.4, 0.5) is 10.6 Å². The number of piperidine rings is 1. The van der Waals surface area contributed by atoms with Crippen LogP contribution in [0, 0.1) is 5.92 Å². The number of amides is 2. The van der Waals surface area contributed by atoms with Crippen LogP contribution >= 0.6 is 0 Å². The fourth-order valence-corrected chi connectivity index (χ4v) is 3.97. The summed E-state index contributed by atoms with van der Waals surface area (Å²) in [5, 5.41) is 3.31. The molecule has 2 heterocycles. The lowest BCUT2D eigenvalue weighted by Gasteiger charge is -2.49. The average molecular weight is 471 g/mol. The van der Waals surface area contributed by atoms with E-state index in [1.165, 1.54) is 0 Å². The lowest BCUT2D eigenvalue weighted by atomic mass is 9.83. The molecule has 1 aromatic heterocycles. The van der Waals surface area contributed by atoms with Gasteiger partial charge in [-0.05, 0) is 70.4 Å². The molecule has 2 aromatic rings. The Balaban J connectivity index is 1.76. The summed E-state index contributed by atoms with van der Waals surface area (Å²) in [6, 6.07) is 12.8. The zero-order chi connectivity index (χ0) is 24.8. The number of rotatable bonds is 7. The van der Waals surface area contributed by atoms with E-state index in [1.807, 2.05) is 58.0 Å². The van der Waals surface area contributed by atoms with E-state index in [0.717, 1.165) is 11.3 Å². The molecule has 34 heavy (non-hydrogen) atoms. The Morgan fingerprint density at radius 1 is 1.18 bits per heavy atom. The summed E-state index contributed by atoms with van der Waals surface area (Å²) < 4.78 is 10.8. The fourth-order valence-electron chi connectivity index (χ4n) is 3.97. The molecule has 3 rings (SSSR count). The monoisotopic (exact) mass is 470 g/mol. The topological polar surface area (TPSA) is 102 Å². The second kappa shape index (κ2) is 10.7. The Kier molecular flexibility index (Phi) is 7.98. The Bertz CT molecular complexity index is 962. The Morgan fingerprint density at radius 2 is 1.91 bits per heavy atom. The van der Waals surface area contributed by atoms with Crippen molar-refractivity contribution in [3.05, 3.63) is 54.2 Å². The quantitative estimate of drug-likeness (QED) is 0.587. The summed E-state index contributed by atoms with van der Waals surface area (Å²) >= 11 is 0. The van der Waals surface area contributed by atoms with Gasteiger partial charge in [-0.25, -0.2) is 15.3 Å². The molecule has 9 heteroatoms. The summed E-state index contributed by atoms with van der Waals surface area (Å²) in [7, 11) is 1.60. The molecule has 2 N–H and O–H groups in total. The lowest BCUT2D eigenvalue weighted by Crippen LogP contribution is -2.65. The van der Waals surface area contributed by atoms with Gasteiger partial charge in [-0.3, -0.25) is 14.5 Å². The molecule has 0 saturated carbocycles. The second-order valence-electron chi connectivity index (χ2n) is 9.42. The van der Waals surface area contributed by atoms with E-state index >= 15 is 0 Å². The fraction of sp³-hybridized carbons (Fsp3) is 0.480. The molecule has 1 aliphatic rings. The van der Waals surface area contributed by atoms with Crippen LogP contribution in [0.5, 0.6) is 5.75 Å². The zero-order valence-corrected chi connectivity index (χ0v) is 20.5. The van der Waals surface area contributed by atoms with E-state index in [9.17, 15) is 9.59 Å². The number of carbonyl (C=O) groups is 2. The first-order valence-corrected chi connectivity index (χ1v) is 11.4. The van der Waals surface area contributed by atoms with Crippen molar-refractivity contribution >= 4 is 17.8 Å². The highest BCUT2D eigenvalue weighted by molar-refractivity contribution is 5.81. The molecular formula is C25H34N4O5. The first-order chi connectivity index (χ1) is 16.1. The van der Waals surface area contributed by atoms with Gasteiger partial charge in [0.1, 0.15) is 22.8 Å². The van der Waals surface area contributed by atoms with Crippen LogP contribution < -0.4 is 15.5 Å². The van der Waals surface area contributed by atoms with Crippen LogP contribution in [0.25, 0.3) is 0 Å². The minimum Gasteiger partial charge on any atom is -0.497 e. The molecule has 184 valence electrons. The van der Waals surface area contributed by atoms with Crippen molar-refractivity contribution in [3.63, 3.8) is 0 Å². The number of hydroxylamine groups is 1. The van der Waals surface area contributed by atoms with Crippen molar-refractivity contribution < 1.29 is 23.9 Å². The van der Waals surface area contributed by atoms with Gasteiger partial charge in [0.25, 0.3) is 5.91 Å². The highest BCUT2D eigenvalue weighted by Crippen LogP contribution is 2.35. The molecule has 1 saturated heterocycles. The number of anilines is 1. The van der Waals surface area contributed by atoms with Crippen LogP contribution in [-0.4, -0.2) is 46.8 Å². The number of nitrogens with one attached hydrogen (secondary N) is 2. The molecule has 1 aromatic carbocycles. The molecule has 0 spiro atoms. The van der Waals surface area contributed by atoms with Crippen LogP contribution in [-0.2, 0) is 21.0 Å². The van der Waals surface area contributed by atoms with E-state index in [2.05, 4.69) is 15.8 Å². The first-order valence-electron chi connectivity index (χ1n) is 11.4. The van der Waals surface area contributed by atoms with E-state index in [4.69, 9.17) is 14.3 Å². The SMILES string of the molecule is COc1ccc(CONC(=O)C2CCCN(C(=O)OC(C)(C)C)C2(C)Nc2ccccn2)cc1. The molecule has 1 fully saturated rings. The summed E-state index contributed by atoms with van der Waals surface area (Å²) in [6.45, 7) is 7.91. The number of hydrogen-bond donors (Lipinski definition) is 2. The van der Waals surface area contributed by atoms with Crippen molar-refractivity contribution in [1.29, 1.82) is 0 Å². The highest BCUT2D eigenvalue weighted by atomic mass is 16.7. The predicted octanol–water partition coefficient (Wildman–Crippen LogP) is 4.11. The molecule has 2 amide bonds. The molecule has 9 nitrogen and oxygen atoms in total. The van der Waals surface area contributed by atoms with E-state index < -0.39 is 23.3 Å². The molecule has 2 atom stereocenters. The van der Waals surface area contributed by atoms with Gasteiger partial charge in [-0.1, -0.05) is 18.2 Å². The van der Waals surface area contributed by atoms with Gasteiger partial charge >= 0.3 is 6.09 Å². The second-order valence-corrected chi connectivity index (χ2v) is 9.42. The zero-order valence-electron chi connectivity index (χ0n) is 20.5. The minimum atomic E-state index is -1.08. The van der Waals surface area contributed by atoms with Crippen molar-refractivity contribution in [2.75, 3.05) is 19.0 Å². The first kappa shape index (κ1) is 25.3. The summed E-state index contributed by atoms with van der Waals surface area (Å²) in [5.41, 5.74) is 1.70. The van der Waals surface area contributed by atoms with Crippen LogP contribution in [0.15, 0.2) is 48.7 Å². The number of likely N-dealkylation sites (tertiary alicyclic amines) is 1. The summed E-state index contributed by atoms with van der Waals surface area (Å²) in [4.78, 5) is 37.8.